The highest BCUT2D eigenvalue weighted by molar-refractivity contribution is 5.81. The molecule has 1 amide bonds. The molecule has 3 rings (SSSR count). The average Bonchev–Trinajstić information content (AvgIpc) is 3.42. The normalized spacial score (nSPS) is 18.1. The fraction of sp³-hybridized carbons (Fsp3) is 0.588. The first kappa shape index (κ1) is 18.8. The van der Waals surface area contributed by atoms with Crippen LogP contribution in [0.15, 0.2) is 18.2 Å². The second kappa shape index (κ2) is 6.66. The average molecular weight is 380 g/mol. The number of carbonyl (C=O) groups is 1. The van der Waals surface area contributed by atoms with Crippen LogP contribution in [0.2, 0.25) is 0 Å². The summed E-state index contributed by atoms with van der Waals surface area (Å²) in [5.41, 5.74) is -3.22. The van der Waals surface area contributed by atoms with Crippen molar-refractivity contribution in [3.63, 3.8) is 0 Å². The van der Waals surface area contributed by atoms with Gasteiger partial charge in [-0.15, -0.1) is 0 Å². The van der Waals surface area contributed by atoms with E-state index < -0.39 is 35.1 Å². The molecule has 0 atom stereocenters. The number of benzene rings is 1. The molecular formula is C17H18F6N2O. The topological polar surface area (TPSA) is 41.1 Å². The molecule has 0 aromatic heterocycles. The smallest absolute Gasteiger partial charge is 0.376 e. The van der Waals surface area contributed by atoms with Crippen LogP contribution in [-0.4, -0.2) is 18.5 Å². The molecule has 2 fully saturated rings. The maximum absolute atomic E-state index is 12.8. The molecule has 0 aliphatic heterocycles. The van der Waals surface area contributed by atoms with Gasteiger partial charge in [0, 0.05) is 11.7 Å². The van der Waals surface area contributed by atoms with Crippen LogP contribution in [0.5, 0.6) is 0 Å². The SMILES string of the molecule is O=C(CNc1cc(C(F)(F)F)cc(C(F)(F)F)c1)NC(C1CC1)C1CC1. The van der Waals surface area contributed by atoms with Gasteiger partial charge in [0.1, 0.15) is 0 Å². The zero-order chi connectivity index (χ0) is 19.1. The molecule has 0 bridgehead atoms. The van der Waals surface area contributed by atoms with Gasteiger partial charge in [0.05, 0.1) is 17.7 Å². The van der Waals surface area contributed by atoms with E-state index in [-0.39, 0.29) is 18.7 Å². The van der Waals surface area contributed by atoms with E-state index in [4.69, 9.17) is 0 Å². The highest BCUT2D eigenvalue weighted by Gasteiger charge is 2.42. The van der Waals surface area contributed by atoms with Crippen molar-refractivity contribution in [3.8, 4) is 0 Å². The number of amides is 1. The molecule has 0 heterocycles. The Morgan fingerprint density at radius 3 is 1.77 bits per heavy atom. The molecule has 0 saturated heterocycles. The molecule has 0 spiro atoms. The van der Waals surface area contributed by atoms with Crippen LogP contribution in [0, 0.1) is 11.8 Å². The predicted octanol–water partition coefficient (Wildman–Crippen LogP) is 4.44. The van der Waals surface area contributed by atoms with Gasteiger partial charge in [-0.1, -0.05) is 0 Å². The van der Waals surface area contributed by atoms with Crippen LogP contribution >= 0.6 is 0 Å². The van der Waals surface area contributed by atoms with Crippen molar-refractivity contribution in [2.45, 2.75) is 44.1 Å². The summed E-state index contributed by atoms with van der Waals surface area (Å²) in [7, 11) is 0. The summed E-state index contributed by atoms with van der Waals surface area (Å²) in [5.74, 6) is 0.452. The zero-order valence-electron chi connectivity index (χ0n) is 13.7. The number of alkyl halides is 6. The van der Waals surface area contributed by atoms with Crippen molar-refractivity contribution in [1.29, 1.82) is 0 Å². The Morgan fingerprint density at radius 2 is 1.38 bits per heavy atom. The molecule has 144 valence electrons. The van der Waals surface area contributed by atoms with Crippen molar-refractivity contribution < 1.29 is 31.1 Å². The number of rotatable bonds is 6. The van der Waals surface area contributed by atoms with E-state index in [1.807, 2.05) is 0 Å². The van der Waals surface area contributed by atoms with Gasteiger partial charge in [0.15, 0.2) is 0 Å². The van der Waals surface area contributed by atoms with Crippen LogP contribution in [0.1, 0.15) is 36.8 Å². The van der Waals surface area contributed by atoms with Crippen LogP contribution in [0.25, 0.3) is 0 Å². The lowest BCUT2D eigenvalue weighted by molar-refractivity contribution is -0.143. The van der Waals surface area contributed by atoms with Gasteiger partial charge in [-0.3, -0.25) is 4.79 Å². The minimum absolute atomic E-state index is 0.0570. The maximum atomic E-state index is 12.8. The number of halogens is 6. The summed E-state index contributed by atoms with van der Waals surface area (Å²) in [5, 5.41) is 5.24. The van der Waals surface area contributed by atoms with Gasteiger partial charge in [0.2, 0.25) is 5.91 Å². The third kappa shape index (κ3) is 4.82. The second-order valence-corrected chi connectivity index (χ2v) is 6.92. The molecule has 26 heavy (non-hydrogen) atoms. The van der Waals surface area contributed by atoms with Crippen molar-refractivity contribution in [1.82, 2.24) is 5.32 Å². The molecule has 1 aromatic rings. The van der Waals surface area contributed by atoms with E-state index in [0.717, 1.165) is 25.7 Å². The van der Waals surface area contributed by atoms with E-state index >= 15 is 0 Å². The summed E-state index contributed by atoms with van der Waals surface area (Å²) in [6, 6.07) is 1.27. The van der Waals surface area contributed by atoms with Gasteiger partial charge in [-0.25, -0.2) is 0 Å². The lowest BCUT2D eigenvalue weighted by atomic mass is 10.1. The number of nitrogens with one attached hydrogen (secondary N) is 2. The van der Waals surface area contributed by atoms with E-state index in [1.54, 1.807) is 0 Å². The largest absolute Gasteiger partial charge is 0.416 e. The Hall–Kier alpha value is -1.93. The van der Waals surface area contributed by atoms with Gasteiger partial charge in [-0.05, 0) is 55.7 Å². The Labute approximate surface area is 146 Å². The molecule has 0 radical (unpaired) electrons. The molecule has 2 aliphatic rings. The molecule has 2 N–H and O–H groups in total. The first-order valence-corrected chi connectivity index (χ1v) is 8.37. The monoisotopic (exact) mass is 380 g/mol. The molecule has 9 heteroatoms. The number of hydrogen-bond acceptors (Lipinski definition) is 2. The van der Waals surface area contributed by atoms with Crippen LogP contribution in [-0.2, 0) is 17.1 Å². The third-order valence-electron chi connectivity index (χ3n) is 4.63. The minimum Gasteiger partial charge on any atom is -0.376 e. The van der Waals surface area contributed by atoms with Crippen molar-refractivity contribution in [2.75, 3.05) is 11.9 Å². The number of hydrogen-bond donors (Lipinski definition) is 2. The first-order valence-electron chi connectivity index (χ1n) is 8.37. The number of anilines is 1. The quantitative estimate of drug-likeness (QED) is 0.717. The van der Waals surface area contributed by atoms with Crippen molar-refractivity contribution in [3.05, 3.63) is 29.3 Å². The summed E-state index contributed by atoms with van der Waals surface area (Å²) in [4.78, 5) is 12.0. The Bertz CT molecular complexity index is 633. The highest BCUT2D eigenvalue weighted by atomic mass is 19.4. The van der Waals surface area contributed by atoms with Crippen molar-refractivity contribution >= 4 is 11.6 Å². The van der Waals surface area contributed by atoms with Crippen LogP contribution < -0.4 is 10.6 Å². The van der Waals surface area contributed by atoms with E-state index in [1.165, 1.54) is 0 Å². The highest BCUT2D eigenvalue weighted by Crippen LogP contribution is 2.44. The molecule has 0 unspecified atom stereocenters. The predicted molar refractivity (Wildman–Crippen MR) is 82.3 cm³/mol. The second-order valence-electron chi connectivity index (χ2n) is 6.92. The Balaban J connectivity index is 1.67. The third-order valence-corrected chi connectivity index (χ3v) is 4.63. The summed E-state index contributed by atoms with van der Waals surface area (Å²) < 4.78 is 76.9. The Morgan fingerprint density at radius 1 is 0.923 bits per heavy atom. The summed E-state index contributed by atoms with van der Waals surface area (Å²) >= 11 is 0. The lowest BCUT2D eigenvalue weighted by Crippen LogP contribution is -2.41. The van der Waals surface area contributed by atoms with Crippen LogP contribution in [0.4, 0.5) is 32.0 Å². The number of carbonyl (C=O) groups excluding carboxylic acids is 1. The summed E-state index contributed by atoms with van der Waals surface area (Å²) in [6.07, 6.45) is -5.67. The van der Waals surface area contributed by atoms with Crippen molar-refractivity contribution in [2.24, 2.45) is 11.8 Å². The van der Waals surface area contributed by atoms with Gasteiger partial charge < -0.3 is 10.6 Å². The molecule has 3 nitrogen and oxygen atoms in total. The fourth-order valence-corrected chi connectivity index (χ4v) is 3.01. The first-order chi connectivity index (χ1) is 12.0. The van der Waals surface area contributed by atoms with E-state index in [2.05, 4.69) is 10.6 Å². The summed E-state index contributed by atoms with van der Waals surface area (Å²) in [6.45, 7) is -0.380. The van der Waals surface area contributed by atoms with Gasteiger partial charge >= 0.3 is 12.4 Å². The molecule has 2 saturated carbocycles. The zero-order valence-corrected chi connectivity index (χ0v) is 13.7. The molecule has 2 aliphatic carbocycles. The lowest BCUT2D eigenvalue weighted by Gasteiger charge is -2.19. The molecule has 1 aromatic carbocycles. The van der Waals surface area contributed by atoms with Gasteiger partial charge in [0.25, 0.3) is 0 Å². The van der Waals surface area contributed by atoms with Crippen LogP contribution in [0.3, 0.4) is 0 Å². The van der Waals surface area contributed by atoms with Gasteiger partial charge in [-0.2, -0.15) is 26.3 Å². The maximum Gasteiger partial charge on any atom is 0.416 e. The Kier molecular flexibility index (Phi) is 4.83. The van der Waals surface area contributed by atoms with E-state index in [0.29, 0.717) is 24.0 Å². The minimum atomic E-state index is -4.91. The molecular weight excluding hydrogens is 362 g/mol. The standard InChI is InChI=1S/C17H18F6N2O/c18-16(19,20)11-5-12(17(21,22)23)7-13(6-11)24-8-14(26)25-15(9-1-2-9)10-3-4-10/h5-7,9-10,15,24H,1-4,8H2,(H,25,26). The fourth-order valence-electron chi connectivity index (χ4n) is 3.01. The van der Waals surface area contributed by atoms with E-state index in [9.17, 15) is 31.1 Å².